The van der Waals surface area contributed by atoms with Crippen LogP contribution >= 0.6 is 0 Å². The van der Waals surface area contributed by atoms with Crippen LogP contribution in [0.4, 0.5) is 0 Å². The molecule has 5 heteroatoms. The molecule has 3 nitrogen and oxygen atoms in total. The topological polar surface area (TPSA) is 62.6 Å². The van der Waals surface area contributed by atoms with Gasteiger partial charge in [0.05, 0.1) is 0 Å². The summed E-state index contributed by atoms with van der Waals surface area (Å²) in [4.78, 5) is 0. The molecule has 0 saturated heterocycles. The average molecular weight is 232 g/mol. The average Bonchev–Trinajstić information content (AvgIpc) is 0.918. The van der Waals surface area contributed by atoms with E-state index in [1.54, 1.807) is 0 Å². The maximum atomic E-state index is 8.54. The summed E-state index contributed by atoms with van der Waals surface area (Å²) in [5.41, 5.74) is 0. The number of rotatable bonds is 0. The Labute approximate surface area is 52.2 Å². The molecule has 0 saturated carbocycles. The third-order valence-electron chi connectivity index (χ3n) is 0. The first kappa shape index (κ1) is 16.7. The Morgan fingerprint density at radius 2 is 1.20 bits per heavy atom. The minimum Gasteiger partial charge on any atom is 2.00 e. The summed E-state index contributed by atoms with van der Waals surface area (Å²) < 4.78 is 17.1. The third-order valence-corrected chi connectivity index (χ3v) is 0. The van der Waals surface area contributed by atoms with Crippen LogP contribution in [0.5, 0.6) is 0 Å². The first-order valence-corrected chi connectivity index (χ1v) is 2.74. The van der Waals surface area contributed by atoms with Crippen molar-refractivity contribution in [2.24, 2.45) is 0 Å². The predicted molar refractivity (Wildman–Crippen MR) is 7.81 cm³/mol. The zero-order valence-corrected chi connectivity index (χ0v) is 8.25. The van der Waals surface area contributed by atoms with Crippen molar-refractivity contribution in [2.75, 3.05) is 0 Å². The fourth-order valence-electron chi connectivity index (χ4n) is 0. The van der Waals surface area contributed by atoms with Crippen LogP contribution in [0.15, 0.2) is 0 Å². The smallest absolute Gasteiger partial charge is 2.00 e. The molecule has 0 aromatic rings. The van der Waals surface area contributed by atoms with E-state index in [1.165, 1.54) is 0 Å². The fraction of sp³-hybridized carbons (Fsp3) is 0. The van der Waals surface area contributed by atoms with Gasteiger partial charge in [0, 0.05) is 0 Å². The van der Waals surface area contributed by atoms with Crippen molar-refractivity contribution >= 4 is 21.1 Å². The Hall–Kier alpha value is 0.982. The quantitative estimate of drug-likeness (QED) is 0.516. The van der Waals surface area contributed by atoms with Crippen LogP contribution in [0.3, 0.4) is 0 Å². The monoisotopic (exact) mass is 232 g/mol. The summed E-state index contributed by atoms with van der Waals surface area (Å²) in [6.45, 7) is 0. The van der Waals surface area contributed by atoms with Crippen LogP contribution in [0.2, 0.25) is 0 Å². The van der Waals surface area contributed by atoms with E-state index in [4.69, 9.17) is 6.15 Å². The fourth-order valence-corrected chi connectivity index (χ4v) is 0. The maximum absolute atomic E-state index is 8.54. The second-order valence-corrected chi connectivity index (χ2v) is 0.559. The van der Waals surface area contributed by atoms with Gasteiger partial charge in [-0.15, -0.1) is 0 Å². The molecule has 0 amide bonds. The minimum atomic E-state index is -2.27. The largest absolute Gasteiger partial charge is 2.00 e. The van der Waals surface area contributed by atoms with E-state index in [9.17, 15) is 0 Å². The Kier molecular flexibility index (Phi) is 67.2. The summed E-state index contributed by atoms with van der Waals surface area (Å²) >= 11 is -2.27. The molecular formula is O3SnZn. The molecule has 0 aromatic heterocycles. The minimum absolute atomic E-state index is 0. The van der Waals surface area contributed by atoms with Crippen LogP contribution in [-0.2, 0) is 31.1 Å². The van der Waals surface area contributed by atoms with E-state index >= 15 is 0 Å². The molecule has 5 heavy (non-hydrogen) atoms. The molecule has 0 spiro atoms. The van der Waals surface area contributed by atoms with Gasteiger partial charge in [-0.25, -0.2) is 0 Å². The molecule has 0 radical (unpaired) electrons. The molecule has 0 heterocycles. The zero-order chi connectivity index (χ0) is 2.71. The van der Waals surface area contributed by atoms with Crippen molar-refractivity contribution in [3.8, 4) is 0 Å². The SMILES string of the molecule is [O-2].[O]=[Sn]=[O].[Zn+2]. The molecule has 0 aliphatic rings. The molecule has 0 aliphatic heterocycles. The van der Waals surface area contributed by atoms with Gasteiger partial charge in [0.15, 0.2) is 0 Å². The van der Waals surface area contributed by atoms with E-state index < -0.39 is 21.1 Å². The molecule has 0 N–H and O–H groups in total. The van der Waals surface area contributed by atoms with Crippen molar-refractivity contribution in [1.82, 2.24) is 0 Å². The summed E-state index contributed by atoms with van der Waals surface area (Å²) in [7, 11) is 0. The molecule has 0 bridgehead atoms. The molecule has 0 unspecified atom stereocenters. The number of hydrogen-bond donors (Lipinski definition) is 0. The van der Waals surface area contributed by atoms with E-state index in [0.29, 0.717) is 0 Å². The van der Waals surface area contributed by atoms with Gasteiger partial charge < -0.3 is 5.48 Å². The van der Waals surface area contributed by atoms with Crippen molar-refractivity contribution < 1.29 is 31.1 Å². The van der Waals surface area contributed by atoms with Gasteiger partial charge in [-0.2, -0.15) is 0 Å². The normalized spacial score (nSPS) is 1.60. The molecule has 0 rings (SSSR count). The summed E-state index contributed by atoms with van der Waals surface area (Å²) in [6.07, 6.45) is 0. The van der Waals surface area contributed by atoms with Crippen LogP contribution in [-0.4, -0.2) is 21.1 Å². The second kappa shape index (κ2) is 20.1. The standard InChI is InChI=1S/3O.Sn.Zn/q;;-2;;+2. The van der Waals surface area contributed by atoms with E-state index in [2.05, 4.69) is 0 Å². The number of hydrogen-bond acceptors (Lipinski definition) is 2. The van der Waals surface area contributed by atoms with Crippen molar-refractivity contribution in [2.45, 2.75) is 0 Å². The molecule has 24 valence electrons. The van der Waals surface area contributed by atoms with E-state index in [0.717, 1.165) is 0 Å². The molecule has 0 atom stereocenters. The van der Waals surface area contributed by atoms with Crippen molar-refractivity contribution in [3.05, 3.63) is 0 Å². The summed E-state index contributed by atoms with van der Waals surface area (Å²) in [5, 5.41) is 0. The van der Waals surface area contributed by atoms with Crippen LogP contribution in [0.1, 0.15) is 0 Å². The molecule has 0 fully saturated rings. The second-order valence-electron chi connectivity index (χ2n) is 0.0833. The Morgan fingerprint density at radius 3 is 1.20 bits per heavy atom. The van der Waals surface area contributed by atoms with E-state index in [-0.39, 0.29) is 25.0 Å². The van der Waals surface area contributed by atoms with E-state index in [1.807, 2.05) is 0 Å². The van der Waals surface area contributed by atoms with Crippen LogP contribution in [0.25, 0.3) is 0 Å². The van der Waals surface area contributed by atoms with Gasteiger partial charge in [-0.3, -0.25) is 0 Å². The predicted octanol–water partition coefficient (Wildman–Crippen LogP) is -0.740. The summed E-state index contributed by atoms with van der Waals surface area (Å²) in [6, 6.07) is 0. The van der Waals surface area contributed by atoms with Crippen LogP contribution < -0.4 is 0 Å². The molecule has 0 aromatic carbocycles. The van der Waals surface area contributed by atoms with Gasteiger partial charge >= 0.3 is 46.7 Å². The first-order chi connectivity index (χ1) is 1.41. The molecular weight excluding hydrogens is 232 g/mol. The summed E-state index contributed by atoms with van der Waals surface area (Å²) in [5.74, 6) is 0. The Balaban J connectivity index is -0.0000000200. The van der Waals surface area contributed by atoms with Crippen molar-refractivity contribution in [3.63, 3.8) is 0 Å². The molecule has 0 aliphatic carbocycles. The van der Waals surface area contributed by atoms with Gasteiger partial charge in [-0.05, 0) is 0 Å². The van der Waals surface area contributed by atoms with Crippen molar-refractivity contribution in [1.29, 1.82) is 0 Å². The zero-order valence-electron chi connectivity index (χ0n) is 2.43. The Morgan fingerprint density at radius 1 is 1.20 bits per heavy atom. The van der Waals surface area contributed by atoms with Crippen LogP contribution in [0, 0.1) is 0 Å². The maximum Gasteiger partial charge on any atom is 2.00 e. The van der Waals surface area contributed by atoms with Gasteiger partial charge in [0.1, 0.15) is 0 Å². The first-order valence-electron chi connectivity index (χ1n) is 0.408. The third kappa shape index (κ3) is 45.9. The van der Waals surface area contributed by atoms with Gasteiger partial charge in [-0.1, -0.05) is 0 Å². The Bertz CT molecular complexity index is 27.9. The van der Waals surface area contributed by atoms with Gasteiger partial charge in [0.25, 0.3) is 0 Å². The van der Waals surface area contributed by atoms with Gasteiger partial charge in [0.2, 0.25) is 0 Å².